The summed E-state index contributed by atoms with van der Waals surface area (Å²) in [7, 11) is 3.48. The highest BCUT2D eigenvalue weighted by Gasteiger charge is 2.30. The third kappa shape index (κ3) is 2.70. The van der Waals surface area contributed by atoms with Crippen molar-refractivity contribution in [1.82, 2.24) is 4.90 Å². The van der Waals surface area contributed by atoms with Crippen molar-refractivity contribution in [2.75, 3.05) is 14.1 Å². The van der Waals surface area contributed by atoms with Crippen molar-refractivity contribution in [2.45, 2.75) is 32.6 Å². The second kappa shape index (κ2) is 5.16. The molecule has 1 unspecified atom stereocenters. The second-order valence-corrected chi connectivity index (χ2v) is 5.83. The monoisotopic (exact) mass is 259 g/mol. The van der Waals surface area contributed by atoms with Crippen molar-refractivity contribution >= 4 is 11.7 Å². The number of rotatable bonds is 2. The zero-order chi connectivity index (χ0) is 14.2. The van der Waals surface area contributed by atoms with Crippen molar-refractivity contribution in [3.8, 4) is 0 Å². The van der Waals surface area contributed by atoms with E-state index in [1.54, 1.807) is 19.0 Å². The summed E-state index contributed by atoms with van der Waals surface area (Å²) in [6.07, 6.45) is 1.02. The van der Waals surface area contributed by atoms with Crippen LogP contribution < -0.4 is 0 Å². The first-order valence-corrected chi connectivity index (χ1v) is 6.77. The third-order valence-electron chi connectivity index (χ3n) is 3.79. The van der Waals surface area contributed by atoms with Gasteiger partial charge >= 0.3 is 0 Å². The van der Waals surface area contributed by atoms with E-state index < -0.39 is 0 Å². The van der Waals surface area contributed by atoms with Crippen LogP contribution in [0, 0.1) is 5.92 Å². The number of Topliss-reactive ketones (excluding diaryl/α,β-unsaturated/α-hetero) is 1. The largest absolute Gasteiger partial charge is 0.349 e. The molecule has 0 fully saturated rings. The molecular weight excluding hydrogens is 238 g/mol. The molecule has 0 radical (unpaired) electrons. The molecule has 1 amide bonds. The normalized spacial score (nSPS) is 18.4. The molecule has 102 valence electrons. The van der Waals surface area contributed by atoms with Crippen LogP contribution in [0.25, 0.3) is 0 Å². The Labute approximate surface area is 114 Å². The number of hydrogen-bond acceptors (Lipinski definition) is 2. The molecule has 0 N–H and O–H groups in total. The average Bonchev–Trinajstić information content (AvgIpc) is 2.37. The Hall–Kier alpha value is -1.64. The highest BCUT2D eigenvalue weighted by atomic mass is 16.2. The maximum Gasteiger partial charge on any atom is 0.225 e. The van der Waals surface area contributed by atoms with Gasteiger partial charge in [0.2, 0.25) is 5.91 Å². The van der Waals surface area contributed by atoms with Gasteiger partial charge in [-0.1, -0.05) is 26.0 Å². The van der Waals surface area contributed by atoms with Crippen molar-refractivity contribution in [3.05, 3.63) is 34.9 Å². The number of carbonyl (C=O) groups excluding carboxylic acids is 2. The van der Waals surface area contributed by atoms with Crippen molar-refractivity contribution in [2.24, 2.45) is 5.92 Å². The fourth-order valence-corrected chi connectivity index (χ4v) is 2.60. The first-order chi connectivity index (χ1) is 8.90. The van der Waals surface area contributed by atoms with E-state index in [-0.39, 0.29) is 17.6 Å². The van der Waals surface area contributed by atoms with Gasteiger partial charge in [-0.15, -0.1) is 0 Å². The minimum Gasteiger partial charge on any atom is -0.349 e. The van der Waals surface area contributed by atoms with E-state index in [1.807, 2.05) is 12.1 Å². The van der Waals surface area contributed by atoms with Crippen LogP contribution >= 0.6 is 0 Å². The molecule has 19 heavy (non-hydrogen) atoms. The quantitative estimate of drug-likeness (QED) is 0.818. The van der Waals surface area contributed by atoms with Gasteiger partial charge in [0.15, 0.2) is 5.78 Å². The number of carbonyl (C=O) groups is 2. The molecule has 2 rings (SSSR count). The minimum atomic E-state index is -0.195. The van der Waals surface area contributed by atoms with E-state index in [9.17, 15) is 9.59 Å². The van der Waals surface area contributed by atoms with Gasteiger partial charge in [-0.3, -0.25) is 9.59 Å². The number of nitrogens with zero attached hydrogens (tertiary/aromatic N) is 1. The zero-order valence-electron chi connectivity index (χ0n) is 12.1. The number of benzene rings is 1. The van der Waals surface area contributed by atoms with Gasteiger partial charge in [-0.2, -0.15) is 0 Å². The molecule has 3 heteroatoms. The van der Waals surface area contributed by atoms with Crippen LogP contribution in [-0.4, -0.2) is 30.7 Å². The highest BCUT2D eigenvalue weighted by Crippen LogP contribution is 2.29. The summed E-state index contributed by atoms with van der Waals surface area (Å²) in [5.41, 5.74) is 3.01. The van der Waals surface area contributed by atoms with Crippen molar-refractivity contribution in [1.29, 1.82) is 0 Å². The summed E-state index contributed by atoms with van der Waals surface area (Å²) >= 11 is 0. The van der Waals surface area contributed by atoms with Crippen LogP contribution in [0.2, 0.25) is 0 Å². The van der Waals surface area contributed by atoms with E-state index in [1.165, 1.54) is 5.56 Å². The van der Waals surface area contributed by atoms with E-state index in [2.05, 4.69) is 19.9 Å². The SMILES string of the molecule is CC(C)c1ccc2c(c1)C(=O)CC(C(=O)N(C)C)C2. The van der Waals surface area contributed by atoms with Gasteiger partial charge in [0.05, 0.1) is 0 Å². The second-order valence-electron chi connectivity index (χ2n) is 5.83. The van der Waals surface area contributed by atoms with Crippen molar-refractivity contribution in [3.63, 3.8) is 0 Å². The number of hydrogen-bond donors (Lipinski definition) is 0. The Morgan fingerprint density at radius 2 is 1.95 bits per heavy atom. The molecule has 0 spiro atoms. The molecular formula is C16H21NO2. The first-order valence-electron chi connectivity index (χ1n) is 6.77. The molecule has 1 aliphatic carbocycles. The molecule has 1 atom stereocenters. The maximum atomic E-state index is 12.2. The topological polar surface area (TPSA) is 37.4 Å². The van der Waals surface area contributed by atoms with Gasteiger partial charge < -0.3 is 4.90 Å². The van der Waals surface area contributed by atoms with Gasteiger partial charge in [0, 0.05) is 32.0 Å². The molecule has 1 aliphatic rings. The average molecular weight is 259 g/mol. The summed E-state index contributed by atoms with van der Waals surface area (Å²) in [6.45, 7) is 4.24. The third-order valence-corrected chi connectivity index (χ3v) is 3.79. The highest BCUT2D eigenvalue weighted by molar-refractivity contribution is 6.01. The fraction of sp³-hybridized carbons (Fsp3) is 0.500. The van der Waals surface area contributed by atoms with E-state index >= 15 is 0 Å². The summed E-state index contributed by atoms with van der Waals surface area (Å²) in [4.78, 5) is 25.8. The Kier molecular flexibility index (Phi) is 3.74. The summed E-state index contributed by atoms with van der Waals surface area (Å²) in [5.74, 6) is 0.370. The summed E-state index contributed by atoms with van der Waals surface area (Å²) in [6, 6.07) is 6.08. The fourth-order valence-electron chi connectivity index (χ4n) is 2.60. The van der Waals surface area contributed by atoms with Gasteiger partial charge in [0.1, 0.15) is 0 Å². The van der Waals surface area contributed by atoms with Crippen molar-refractivity contribution < 1.29 is 9.59 Å². The lowest BCUT2D eigenvalue weighted by molar-refractivity contribution is -0.132. The van der Waals surface area contributed by atoms with Crippen LogP contribution in [0.4, 0.5) is 0 Å². The number of ketones is 1. The molecule has 3 nitrogen and oxygen atoms in total. The van der Waals surface area contributed by atoms with Crippen LogP contribution in [0.15, 0.2) is 18.2 Å². The number of amides is 1. The Morgan fingerprint density at radius 3 is 2.53 bits per heavy atom. The Morgan fingerprint density at radius 1 is 1.26 bits per heavy atom. The maximum absolute atomic E-state index is 12.2. The lowest BCUT2D eigenvalue weighted by Gasteiger charge is -2.26. The molecule has 1 aromatic rings. The Balaban J connectivity index is 2.31. The predicted octanol–water partition coefficient (Wildman–Crippen LogP) is 2.64. The predicted molar refractivity (Wildman–Crippen MR) is 75.4 cm³/mol. The first kappa shape index (κ1) is 13.8. The minimum absolute atomic E-state index is 0.0481. The zero-order valence-corrected chi connectivity index (χ0v) is 12.1. The van der Waals surface area contributed by atoms with Crippen LogP contribution in [0.5, 0.6) is 0 Å². The molecule has 0 saturated carbocycles. The molecule has 0 aliphatic heterocycles. The van der Waals surface area contributed by atoms with Gasteiger partial charge in [0.25, 0.3) is 0 Å². The molecule has 0 saturated heterocycles. The van der Waals surface area contributed by atoms with E-state index in [0.717, 1.165) is 11.1 Å². The van der Waals surface area contributed by atoms with Crippen LogP contribution in [0.3, 0.4) is 0 Å². The van der Waals surface area contributed by atoms with Gasteiger partial charge in [-0.05, 0) is 29.5 Å². The molecule has 1 aromatic carbocycles. The lowest BCUT2D eigenvalue weighted by Crippen LogP contribution is -2.35. The number of fused-ring (bicyclic) bond motifs is 1. The van der Waals surface area contributed by atoms with E-state index in [4.69, 9.17) is 0 Å². The molecule has 0 heterocycles. The van der Waals surface area contributed by atoms with Crippen LogP contribution in [0.1, 0.15) is 47.7 Å². The van der Waals surface area contributed by atoms with Gasteiger partial charge in [-0.25, -0.2) is 0 Å². The standard InChI is InChI=1S/C16H21NO2/c1-10(2)11-5-6-12-7-13(16(19)17(3)4)9-15(18)14(12)8-11/h5-6,8,10,13H,7,9H2,1-4H3. The van der Waals surface area contributed by atoms with E-state index in [0.29, 0.717) is 18.8 Å². The summed E-state index contributed by atoms with van der Waals surface area (Å²) in [5, 5.41) is 0. The molecule has 0 bridgehead atoms. The smallest absolute Gasteiger partial charge is 0.225 e. The summed E-state index contributed by atoms with van der Waals surface area (Å²) < 4.78 is 0. The van der Waals surface area contributed by atoms with Crippen LogP contribution in [-0.2, 0) is 11.2 Å². The Bertz CT molecular complexity index is 517. The lowest BCUT2D eigenvalue weighted by atomic mass is 9.81. The molecule has 0 aromatic heterocycles.